The molecule has 13 heteroatoms. The van der Waals surface area contributed by atoms with Crippen LogP contribution in [0.2, 0.25) is 0 Å². The highest BCUT2D eigenvalue weighted by Crippen LogP contribution is 2.33. The molecule has 3 aromatic carbocycles. The van der Waals surface area contributed by atoms with Crippen LogP contribution in [-0.4, -0.2) is 38.8 Å². The zero-order valence-corrected chi connectivity index (χ0v) is 19.8. The molecule has 0 saturated carbocycles. The Labute approximate surface area is 213 Å². The predicted octanol–water partition coefficient (Wildman–Crippen LogP) is 5.28. The molecular formula is C25H20F3N5O5. The summed E-state index contributed by atoms with van der Waals surface area (Å²) in [4.78, 5) is 27.0. The largest absolute Gasteiger partial charge is 0.477 e. The summed E-state index contributed by atoms with van der Waals surface area (Å²) in [6.45, 7) is 1.51. The van der Waals surface area contributed by atoms with Gasteiger partial charge in [-0.1, -0.05) is 24.3 Å². The van der Waals surface area contributed by atoms with Gasteiger partial charge in [0.05, 0.1) is 22.8 Å². The second-order valence-electron chi connectivity index (χ2n) is 7.75. The minimum Gasteiger partial charge on any atom is -0.477 e. The number of para-hydroxylation sites is 2. The van der Waals surface area contributed by atoms with Crippen LogP contribution in [0.5, 0.6) is 11.8 Å². The zero-order chi connectivity index (χ0) is 27.3. The van der Waals surface area contributed by atoms with E-state index >= 15 is 0 Å². The fourth-order valence-electron chi connectivity index (χ4n) is 3.44. The topological polar surface area (TPSA) is 121 Å². The van der Waals surface area contributed by atoms with Crippen molar-refractivity contribution in [2.24, 2.45) is 0 Å². The molecule has 0 aliphatic carbocycles. The third-order valence-electron chi connectivity index (χ3n) is 5.13. The van der Waals surface area contributed by atoms with Gasteiger partial charge in [0.1, 0.15) is 0 Å². The molecule has 0 radical (unpaired) electrons. The number of nitrogens with one attached hydrogen (secondary N) is 1. The molecule has 0 aliphatic heterocycles. The Kier molecular flexibility index (Phi) is 7.55. The number of ether oxygens (including phenoxy) is 2. The summed E-state index contributed by atoms with van der Waals surface area (Å²) in [6.07, 6.45) is -4.53. The number of nitro benzene ring substituents is 1. The van der Waals surface area contributed by atoms with E-state index in [1.54, 1.807) is 37.3 Å². The fraction of sp³-hybridized carbons (Fsp3) is 0.160. The lowest BCUT2D eigenvalue weighted by atomic mass is 10.1. The van der Waals surface area contributed by atoms with Gasteiger partial charge < -0.3 is 14.8 Å². The van der Waals surface area contributed by atoms with Gasteiger partial charge in [-0.2, -0.15) is 18.2 Å². The molecule has 4 rings (SSSR count). The average molecular weight is 527 g/mol. The number of carbonyl (C=O) groups excluding carboxylic acids is 1. The van der Waals surface area contributed by atoms with Crippen molar-refractivity contribution in [3.63, 3.8) is 0 Å². The van der Waals surface area contributed by atoms with Gasteiger partial charge in [0.25, 0.3) is 5.91 Å². The molecule has 1 N–H and O–H groups in total. The van der Waals surface area contributed by atoms with E-state index in [4.69, 9.17) is 9.47 Å². The molecule has 0 bridgehead atoms. The molecule has 4 aromatic rings. The maximum absolute atomic E-state index is 13.2. The molecule has 196 valence electrons. The summed E-state index contributed by atoms with van der Waals surface area (Å²) in [5.41, 5.74) is -0.0763. The molecule has 1 aromatic heterocycles. The van der Waals surface area contributed by atoms with Crippen LogP contribution in [0.4, 0.5) is 24.5 Å². The number of rotatable bonds is 9. The Morgan fingerprint density at radius 2 is 1.79 bits per heavy atom. The molecule has 38 heavy (non-hydrogen) atoms. The van der Waals surface area contributed by atoms with Crippen molar-refractivity contribution in [3.05, 3.63) is 88.5 Å². The highest BCUT2D eigenvalue weighted by Gasteiger charge is 2.31. The first-order valence-corrected chi connectivity index (χ1v) is 11.2. The summed E-state index contributed by atoms with van der Waals surface area (Å²) < 4.78 is 51.7. The molecular weight excluding hydrogens is 507 g/mol. The van der Waals surface area contributed by atoms with Crippen LogP contribution in [0.1, 0.15) is 12.5 Å². The SMILES string of the molecule is CCOc1nc(-c2cccc(C(F)(F)F)c2)n(-c2ccc(NC(=O)COc3ccccc3[N+](=O)[O-])cc2)n1. The fourth-order valence-corrected chi connectivity index (χ4v) is 3.44. The van der Waals surface area contributed by atoms with E-state index in [9.17, 15) is 28.1 Å². The first-order chi connectivity index (χ1) is 18.2. The number of nitrogens with zero attached hydrogens (tertiary/aromatic N) is 4. The second-order valence-corrected chi connectivity index (χ2v) is 7.75. The molecule has 1 amide bonds. The number of anilines is 1. The number of benzene rings is 3. The van der Waals surface area contributed by atoms with Gasteiger partial charge in [-0.25, -0.2) is 4.68 Å². The van der Waals surface area contributed by atoms with Gasteiger partial charge in [0.15, 0.2) is 18.2 Å². The molecule has 0 spiro atoms. The van der Waals surface area contributed by atoms with E-state index < -0.39 is 29.2 Å². The number of halogens is 3. The van der Waals surface area contributed by atoms with Crippen molar-refractivity contribution in [1.82, 2.24) is 14.8 Å². The summed E-state index contributed by atoms with van der Waals surface area (Å²) in [7, 11) is 0. The number of carbonyl (C=O) groups is 1. The minimum atomic E-state index is -4.53. The van der Waals surface area contributed by atoms with Crippen molar-refractivity contribution in [1.29, 1.82) is 0 Å². The van der Waals surface area contributed by atoms with Gasteiger partial charge >= 0.3 is 17.9 Å². The van der Waals surface area contributed by atoms with Crippen LogP contribution >= 0.6 is 0 Å². The Morgan fingerprint density at radius 3 is 2.47 bits per heavy atom. The molecule has 0 saturated heterocycles. The average Bonchev–Trinajstić information content (AvgIpc) is 3.32. The lowest BCUT2D eigenvalue weighted by molar-refractivity contribution is -0.385. The summed E-state index contributed by atoms with van der Waals surface area (Å²) in [5.74, 6) is -0.462. The summed E-state index contributed by atoms with van der Waals surface area (Å²) in [6, 6.07) is 16.6. The zero-order valence-electron chi connectivity index (χ0n) is 19.8. The highest BCUT2D eigenvalue weighted by molar-refractivity contribution is 5.92. The maximum atomic E-state index is 13.2. The summed E-state index contributed by atoms with van der Waals surface area (Å²) >= 11 is 0. The monoisotopic (exact) mass is 527 g/mol. The van der Waals surface area contributed by atoms with Gasteiger partial charge in [-0.05, 0) is 49.4 Å². The normalized spacial score (nSPS) is 11.2. The first-order valence-electron chi connectivity index (χ1n) is 11.2. The third kappa shape index (κ3) is 6.06. The minimum absolute atomic E-state index is 0.00977. The Morgan fingerprint density at radius 1 is 1.05 bits per heavy atom. The van der Waals surface area contributed by atoms with E-state index in [2.05, 4.69) is 15.4 Å². The van der Waals surface area contributed by atoms with Crippen molar-refractivity contribution in [3.8, 4) is 28.8 Å². The van der Waals surface area contributed by atoms with Gasteiger partial charge in [-0.3, -0.25) is 14.9 Å². The molecule has 0 fully saturated rings. The van der Waals surface area contributed by atoms with Crippen LogP contribution in [0, 0.1) is 10.1 Å². The van der Waals surface area contributed by atoms with Crippen LogP contribution < -0.4 is 14.8 Å². The van der Waals surface area contributed by atoms with E-state index in [0.29, 0.717) is 11.4 Å². The number of alkyl halides is 3. The lowest BCUT2D eigenvalue weighted by Gasteiger charge is -2.11. The maximum Gasteiger partial charge on any atom is 0.416 e. The third-order valence-corrected chi connectivity index (χ3v) is 5.13. The van der Waals surface area contributed by atoms with E-state index in [1.165, 1.54) is 35.0 Å². The van der Waals surface area contributed by atoms with Crippen molar-refractivity contribution < 1.29 is 32.4 Å². The van der Waals surface area contributed by atoms with Crippen LogP contribution in [0.15, 0.2) is 72.8 Å². The smallest absolute Gasteiger partial charge is 0.416 e. The Balaban J connectivity index is 1.52. The van der Waals surface area contributed by atoms with Crippen LogP contribution in [0.25, 0.3) is 17.1 Å². The first kappa shape index (κ1) is 26.1. The van der Waals surface area contributed by atoms with Crippen LogP contribution in [0.3, 0.4) is 0 Å². The van der Waals surface area contributed by atoms with E-state index in [-0.39, 0.29) is 35.4 Å². The number of aromatic nitrogens is 3. The lowest BCUT2D eigenvalue weighted by Crippen LogP contribution is -2.20. The Bertz CT molecular complexity index is 1450. The van der Waals surface area contributed by atoms with Crippen molar-refractivity contribution >= 4 is 17.3 Å². The van der Waals surface area contributed by atoms with Gasteiger partial charge in [-0.15, -0.1) is 5.10 Å². The Hall–Kier alpha value is -4.94. The van der Waals surface area contributed by atoms with E-state index in [0.717, 1.165) is 12.1 Å². The van der Waals surface area contributed by atoms with Crippen molar-refractivity contribution in [2.45, 2.75) is 13.1 Å². The van der Waals surface area contributed by atoms with Gasteiger partial charge in [0.2, 0.25) is 0 Å². The van der Waals surface area contributed by atoms with Crippen molar-refractivity contribution in [2.75, 3.05) is 18.5 Å². The quantitative estimate of drug-likeness (QED) is 0.232. The molecule has 0 unspecified atom stereocenters. The highest BCUT2D eigenvalue weighted by atomic mass is 19.4. The molecule has 1 heterocycles. The summed E-state index contributed by atoms with van der Waals surface area (Å²) in [5, 5.41) is 17.9. The van der Waals surface area contributed by atoms with E-state index in [1.807, 2.05) is 0 Å². The second kappa shape index (κ2) is 11.0. The van der Waals surface area contributed by atoms with Crippen LogP contribution in [-0.2, 0) is 11.0 Å². The number of nitro groups is 1. The number of hydrogen-bond donors (Lipinski definition) is 1. The number of amides is 1. The predicted molar refractivity (Wildman–Crippen MR) is 130 cm³/mol. The number of hydrogen-bond acceptors (Lipinski definition) is 7. The standard InChI is InChI=1S/C25H20F3N5O5/c1-2-37-24-30-23(16-6-5-7-17(14-16)25(26,27)28)32(31-24)19-12-10-18(11-13-19)29-22(34)15-38-21-9-4-3-8-20(21)33(35)36/h3-14H,2,15H2,1H3,(H,29,34). The van der Waals surface area contributed by atoms with Gasteiger partial charge in [0, 0.05) is 17.3 Å². The molecule has 0 atom stereocenters. The molecule has 10 nitrogen and oxygen atoms in total. The molecule has 0 aliphatic rings.